The molecule has 0 saturated carbocycles. The maximum atomic E-state index is 11.0. The van der Waals surface area contributed by atoms with E-state index in [9.17, 15) is 9.28 Å². The maximum absolute atomic E-state index is 11.0. The Morgan fingerprint density at radius 1 is 1.60 bits per heavy atom. The monoisotopic (exact) mass is 218 g/mol. The molecular weight excluding hydrogens is 199 g/mol. The smallest absolute Gasteiger partial charge is 0.248 e. The van der Waals surface area contributed by atoms with Gasteiger partial charge in [-0.05, 0) is 18.8 Å². The molecule has 0 atom stereocenters. The van der Waals surface area contributed by atoms with Crippen molar-refractivity contribution in [3.63, 3.8) is 0 Å². The van der Waals surface area contributed by atoms with Crippen LogP contribution in [0, 0.1) is 5.92 Å². The van der Waals surface area contributed by atoms with E-state index in [0.29, 0.717) is 0 Å². The third kappa shape index (κ3) is 5.47. The first-order chi connectivity index (χ1) is 7.19. The van der Waals surface area contributed by atoms with Crippen LogP contribution in [0.5, 0.6) is 0 Å². The average Bonchev–Trinajstić information content (AvgIpc) is 2.29. The second-order valence-electron chi connectivity index (χ2n) is 3.51. The van der Waals surface area contributed by atoms with Gasteiger partial charge in [-0.2, -0.15) is 0 Å². The van der Waals surface area contributed by atoms with Crippen LogP contribution in [-0.2, 0) is 4.79 Å². The van der Waals surface area contributed by atoms with E-state index >= 15 is 0 Å². The number of nitrogens with zero attached hydrogens (tertiary/aromatic N) is 2. The quantitative estimate of drug-likeness (QED) is 0.708. The Morgan fingerprint density at radius 3 is 2.40 bits per heavy atom. The van der Waals surface area contributed by atoms with Crippen LogP contribution in [0.25, 0.3) is 0 Å². The summed E-state index contributed by atoms with van der Waals surface area (Å²) in [6.07, 6.45) is 3.41. The zero-order valence-corrected chi connectivity index (χ0v) is 9.15. The van der Waals surface area contributed by atoms with E-state index in [1.165, 1.54) is 6.42 Å². The van der Waals surface area contributed by atoms with E-state index < -0.39 is 0 Å². The lowest BCUT2D eigenvalue weighted by atomic mass is 9.94. The van der Waals surface area contributed by atoms with Crippen molar-refractivity contribution < 1.29 is 14.4 Å². The number of piperidine rings is 1. The van der Waals surface area contributed by atoms with Gasteiger partial charge in [0, 0.05) is 19.8 Å². The van der Waals surface area contributed by atoms with Crippen molar-refractivity contribution in [1.29, 1.82) is 0 Å². The summed E-state index contributed by atoms with van der Waals surface area (Å²) < 4.78 is 9.81. The summed E-state index contributed by atoms with van der Waals surface area (Å²) in [5.74, 6) is 0.664. The third-order valence-electron chi connectivity index (χ3n) is 2.68. The first-order valence-corrected chi connectivity index (χ1v) is 5.15. The van der Waals surface area contributed by atoms with E-state index in [1.807, 2.05) is 0 Å². The number of halogens is 1. The molecule has 5 heteroatoms. The molecule has 1 heterocycles. The fourth-order valence-electron chi connectivity index (χ4n) is 1.69. The van der Waals surface area contributed by atoms with Gasteiger partial charge in [-0.1, -0.05) is 17.8 Å². The predicted octanol–water partition coefficient (Wildman–Crippen LogP) is 1.20. The fraction of sp³-hybridized carbons (Fsp3) is 0.800. The molecule has 0 aromatic rings. The zero-order valence-electron chi connectivity index (χ0n) is 9.15. The van der Waals surface area contributed by atoms with Crippen molar-refractivity contribution in [2.45, 2.75) is 26.2 Å². The van der Waals surface area contributed by atoms with Crippen molar-refractivity contribution in [1.82, 2.24) is 4.90 Å². The largest absolute Gasteiger partial charge is 0.387 e. The Labute approximate surface area is 89.7 Å². The molecule has 0 aromatic carbocycles. The molecule has 0 spiro atoms. The second-order valence-corrected chi connectivity index (χ2v) is 3.51. The minimum Gasteiger partial charge on any atom is -0.387 e. The Hall–Kier alpha value is -0.970. The number of aliphatic hydroxyl groups is 1. The molecule has 0 unspecified atom stereocenters. The fourth-order valence-corrected chi connectivity index (χ4v) is 1.69. The summed E-state index contributed by atoms with van der Waals surface area (Å²) in [6.45, 7) is 5.96. The van der Waals surface area contributed by atoms with Gasteiger partial charge in [0.05, 0.1) is 0 Å². The summed E-state index contributed by atoms with van der Waals surface area (Å²) in [5.41, 5.74) is 0. The summed E-state index contributed by atoms with van der Waals surface area (Å²) in [5, 5.41) is 10.4. The lowest BCUT2D eigenvalue weighted by molar-refractivity contribution is -0.135. The van der Waals surface area contributed by atoms with Crippen molar-refractivity contribution >= 4 is 12.6 Å². The van der Waals surface area contributed by atoms with Crippen molar-refractivity contribution in [2.75, 3.05) is 19.7 Å². The predicted molar refractivity (Wildman–Crippen MR) is 57.3 cm³/mol. The molecule has 15 heavy (non-hydrogen) atoms. The van der Waals surface area contributed by atoms with E-state index in [0.717, 1.165) is 31.8 Å². The van der Waals surface area contributed by atoms with Gasteiger partial charge < -0.3 is 10.0 Å². The summed E-state index contributed by atoms with van der Waals surface area (Å²) in [4.78, 5) is 12.8. The van der Waals surface area contributed by atoms with Crippen LogP contribution in [0.2, 0.25) is 0 Å². The molecule has 1 fully saturated rings. The van der Waals surface area contributed by atoms with Gasteiger partial charge in [0.25, 0.3) is 0 Å². The number of carbonyl (C=O) groups is 1. The number of carbonyl (C=O) groups excluding carboxylic acids is 1. The second kappa shape index (κ2) is 8.35. The number of hydrogen-bond acceptors (Lipinski definition) is 3. The van der Waals surface area contributed by atoms with E-state index in [1.54, 1.807) is 10.1 Å². The highest BCUT2D eigenvalue weighted by atomic mass is 19.2. The molecule has 1 rings (SSSR count). The molecule has 1 aliphatic rings. The standard InChI is InChI=1S/C9H17NO2.CH2FN/c1-2-8-3-5-10(6-4-8)9(12)7-11;1-3-2/h8,11H,2-7H2,1H3;1H2. The molecule has 1 aliphatic heterocycles. The molecule has 1 amide bonds. The van der Waals surface area contributed by atoms with Gasteiger partial charge in [-0.15, -0.1) is 5.21 Å². The number of amides is 1. The SMILES string of the molecule is C=NF.CCC1CCN(C(=O)CO)CC1. The van der Waals surface area contributed by atoms with Crippen molar-refractivity contribution in [3.8, 4) is 0 Å². The molecule has 0 aromatic heterocycles. The van der Waals surface area contributed by atoms with Gasteiger partial charge in [-0.3, -0.25) is 4.79 Å². The van der Waals surface area contributed by atoms with Crippen molar-refractivity contribution in [2.24, 2.45) is 11.1 Å². The normalized spacial score (nSPS) is 16.6. The Morgan fingerprint density at radius 2 is 2.07 bits per heavy atom. The van der Waals surface area contributed by atoms with Crippen LogP contribution in [0.1, 0.15) is 26.2 Å². The van der Waals surface area contributed by atoms with E-state index in [2.05, 4.69) is 13.6 Å². The van der Waals surface area contributed by atoms with Crippen LogP contribution < -0.4 is 0 Å². The molecule has 0 aliphatic carbocycles. The van der Waals surface area contributed by atoms with Gasteiger partial charge in [0.15, 0.2) is 0 Å². The summed E-state index contributed by atoms with van der Waals surface area (Å²) >= 11 is 0. The maximum Gasteiger partial charge on any atom is 0.248 e. The molecule has 88 valence electrons. The van der Waals surface area contributed by atoms with Crippen LogP contribution in [0.15, 0.2) is 5.21 Å². The number of aliphatic hydroxyl groups excluding tert-OH is 1. The van der Waals surface area contributed by atoms with Gasteiger partial charge >= 0.3 is 0 Å². The number of rotatable bonds is 2. The van der Waals surface area contributed by atoms with Crippen LogP contribution in [-0.4, -0.2) is 42.3 Å². The Kier molecular flexibility index (Phi) is 7.81. The van der Waals surface area contributed by atoms with Gasteiger partial charge in [-0.25, -0.2) is 0 Å². The minimum atomic E-state index is -0.337. The minimum absolute atomic E-state index is 0.121. The first kappa shape index (κ1) is 14.0. The molecule has 1 saturated heterocycles. The van der Waals surface area contributed by atoms with Gasteiger partial charge in [0.2, 0.25) is 5.91 Å². The van der Waals surface area contributed by atoms with Crippen LogP contribution in [0.3, 0.4) is 0 Å². The lowest BCUT2D eigenvalue weighted by Crippen LogP contribution is -2.39. The highest BCUT2D eigenvalue weighted by molar-refractivity contribution is 5.77. The van der Waals surface area contributed by atoms with E-state index in [4.69, 9.17) is 5.11 Å². The number of likely N-dealkylation sites (tertiary alicyclic amines) is 1. The summed E-state index contributed by atoms with van der Waals surface area (Å²) in [6, 6.07) is 0. The van der Waals surface area contributed by atoms with Crippen molar-refractivity contribution in [3.05, 3.63) is 0 Å². The highest BCUT2D eigenvalue weighted by Gasteiger charge is 2.20. The molecule has 4 nitrogen and oxygen atoms in total. The third-order valence-corrected chi connectivity index (χ3v) is 2.68. The average molecular weight is 218 g/mol. The number of hydrogen-bond donors (Lipinski definition) is 1. The topological polar surface area (TPSA) is 52.9 Å². The zero-order chi connectivity index (χ0) is 11.7. The molecule has 0 bridgehead atoms. The molecule has 0 radical (unpaired) electrons. The lowest BCUT2D eigenvalue weighted by Gasteiger charge is -2.30. The Balaban J connectivity index is 0.000000583. The Bertz CT molecular complexity index is 192. The first-order valence-electron chi connectivity index (χ1n) is 5.15. The van der Waals surface area contributed by atoms with Gasteiger partial charge in [0.1, 0.15) is 6.61 Å². The molecular formula is C10H19FN2O2. The van der Waals surface area contributed by atoms with Crippen LogP contribution in [0.4, 0.5) is 4.48 Å². The highest BCUT2D eigenvalue weighted by Crippen LogP contribution is 2.19. The van der Waals surface area contributed by atoms with Crippen LogP contribution >= 0.6 is 0 Å². The van der Waals surface area contributed by atoms with E-state index in [-0.39, 0.29) is 12.5 Å². The molecule has 1 N–H and O–H groups in total. The summed E-state index contributed by atoms with van der Waals surface area (Å²) in [7, 11) is 0.